The lowest BCUT2D eigenvalue weighted by molar-refractivity contribution is -0.141. The number of aliphatic hydroxyl groups is 1. The highest BCUT2D eigenvalue weighted by Gasteiger charge is 2.25. The average Bonchev–Trinajstić information content (AvgIpc) is 2.59. The van der Waals surface area contributed by atoms with E-state index in [2.05, 4.69) is 17.6 Å². The van der Waals surface area contributed by atoms with Crippen molar-refractivity contribution in [2.45, 2.75) is 31.1 Å². The molecule has 5 nitrogen and oxygen atoms in total. The number of nitrogens with zero attached hydrogens (tertiary/aromatic N) is 1. The van der Waals surface area contributed by atoms with Gasteiger partial charge in [-0.05, 0) is 42.0 Å². The van der Waals surface area contributed by atoms with Gasteiger partial charge in [0.25, 0.3) is 0 Å². The smallest absolute Gasteiger partial charge is 0.307 e. The molecule has 2 atom stereocenters. The van der Waals surface area contributed by atoms with E-state index >= 15 is 0 Å². The molecule has 0 radical (unpaired) electrons. The topological polar surface area (TPSA) is 96.4 Å². The molecule has 0 saturated heterocycles. The van der Waals surface area contributed by atoms with Gasteiger partial charge in [0, 0.05) is 11.4 Å². The first kappa shape index (κ1) is 18.3. The Balaban J connectivity index is 1.99. The van der Waals surface area contributed by atoms with Gasteiger partial charge in [-0.1, -0.05) is 30.3 Å². The number of carboxylic acid groups (broad SMARTS) is 1. The number of nitrogens with two attached hydrogens (primary N) is 1. The number of carboxylic acids is 1. The molecule has 0 aliphatic carbocycles. The van der Waals surface area contributed by atoms with Crippen molar-refractivity contribution >= 4 is 24.4 Å². The molecule has 0 amide bonds. The van der Waals surface area contributed by atoms with Crippen molar-refractivity contribution < 1.29 is 15.0 Å². The Bertz CT molecular complexity index is 676. The van der Waals surface area contributed by atoms with Crippen LogP contribution in [0.4, 0.5) is 5.82 Å². The second-order valence-corrected chi connectivity index (χ2v) is 6.49. The molecule has 2 aromatic rings. The number of aliphatic hydroxyl groups excluding tert-OH is 1. The SMILES string of the molecule is Nc1ccc(CC(C(=O)O)C(S)CCc2cccc(CO)c2)cn1. The van der Waals surface area contributed by atoms with Gasteiger partial charge in [-0.15, -0.1) is 0 Å². The van der Waals surface area contributed by atoms with Crippen molar-refractivity contribution in [1.82, 2.24) is 4.98 Å². The second kappa shape index (κ2) is 8.70. The molecule has 0 spiro atoms. The summed E-state index contributed by atoms with van der Waals surface area (Å²) >= 11 is 4.52. The van der Waals surface area contributed by atoms with E-state index in [-0.39, 0.29) is 11.9 Å². The number of aryl methyl sites for hydroxylation is 1. The van der Waals surface area contributed by atoms with E-state index in [1.807, 2.05) is 24.3 Å². The van der Waals surface area contributed by atoms with E-state index in [1.165, 1.54) is 0 Å². The molecule has 0 aliphatic rings. The van der Waals surface area contributed by atoms with Gasteiger partial charge in [0.05, 0.1) is 12.5 Å². The summed E-state index contributed by atoms with van der Waals surface area (Å²) in [6.45, 7) is 0.0000324. The molecule has 128 valence electrons. The standard InChI is InChI=1S/C18H22N2O3S/c19-17-7-5-13(10-20-17)9-15(18(22)23)16(24)6-4-12-2-1-3-14(8-12)11-21/h1-3,5,7-8,10,15-16,21,24H,4,6,9,11H2,(H2,19,20)(H,22,23). The zero-order chi connectivity index (χ0) is 17.5. The third-order valence-corrected chi connectivity index (χ3v) is 4.61. The van der Waals surface area contributed by atoms with Crippen LogP contribution < -0.4 is 5.73 Å². The molecule has 24 heavy (non-hydrogen) atoms. The molecule has 2 rings (SSSR count). The zero-order valence-electron chi connectivity index (χ0n) is 13.3. The van der Waals surface area contributed by atoms with Crippen molar-refractivity contribution in [3.05, 3.63) is 59.3 Å². The number of hydrogen-bond acceptors (Lipinski definition) is 5. The predicted molar refractivity (Wildman–Crippen MR) is 96.9 cm³/mol. The number of thiol groups is 1. The Morgan fingerprint density at radius 3 is 2.58 bits per heavy atom. The van der Waals surface area contributed by atoms with Crippen LogP contribution in [0, 0.1) is 5.92 Å². The first-order valence-corrected chi connectivity index (χ1v) is 8.31. The number of anilines is 1. The number of benzene rings is 1. The molecule has 0 fully saturated rings. The number of pyridine rings is 1. The van der Waals surface area contributed by atoms with Crippen LogP contribution in [0.3, 0.4) is 0 Å². The highest BCUT2D eigenvalue weighted by Crippen LogP contribution is 2.22. The zero-order valence-corrected chi connectivity index (χ0v) is 14.2. The number of aliphatic carboxylic acids is 1. The Morgan fingerprint density at radius 2 is 1.96 bits per heavy atom. The predicted octanol–water partition coefficient (Wildman–Crippen LogP) is 2.33. The minimum Gasteiger partial charge on any atom is -0.481 e. The summed E-state index contributed by atoms with van der Waals surface area (Å²) in [4.78, 5) is 15.6. The Hall–Kier alpha value is -2.05. The Morgan fingerprint density at radius 1 is 1.21 bits per heavy atom. The van der Waals surface area contributed by atoms with E-state index in [1.54, 1.807) is 18.3 Å². The summed E-state index contributed by atoms with van der Waals surface area (Å²) < 4.78 is 0. The van der Waals surface area contributed by atoms with Crippen molar-refractivity contribution in [3.8, 4) is 0 Å². The van der Waals surface area contributed by atoms with E-state index in [0.717, 1.165) is 16.7 Å². The van der Waals surface area contributed by atoms with Gasteiger partial charge in [0.1, 0.15) is 5.82 Å². The van der Waals surface area contributed by atoms with Crippen LogP contribution in [0.15, 0.2) is 42.6 Å². The van der Waals surface area contributed by atoms with Crippen molar-refractivity contribution in [3.63, 3.8) is 0 Å². The third kappa shape index (κ3) is 5.25. The Kier molecular flexibility index (Phi) is 6.63. The van der Waals surface area contributed by atoms with Gasteiger partial charge in [-0.3, -0.25) is 4.79 Å². The molecule has 6 heteroatoms. The molecule has 1 heterocycles. The van der Waals surface area contributed by atoms with Gasteiger partial charge < -0.3 is 15.9 Å². The van der Waals surface area contributed by atoms with Gasteiger partial charge in [0.2, 0.25) is 0 Å². The maximum absolute atomic E-state index is 11.6. The maximum atomic E-state index is 11.6. The highest BCUT2D eigenvalue weighted by molar-refractivity contribution is 7.81. The van der Waals surface area contributed by atoms with Crippen LogP contribution in [-0.2, 0) is 24.2 Å². The largest absolute Gasteiger partial charge is 0.481 e. The van der Waals surface area contributed by atoms with Gasteiger partial charge in [0.15, 0.2) is 0 Å². The average molecular weight is 346 g/mol. The Labute approximate surface area is 147 Å². The van der Waals surface area contributed by atoms with E-state index in [4.69, 9.17) is 5.73 Å². The van der Waals surface area contributed by atoms with Crippen LogP contribution in [0.1, 0.15) is 23.1 Å². The molecule has 0 bridgehead atoms. The number of rotatable bonds is 8. The van der Waals surface area contributed by atoms with Crippen LogP contribution in [0.5, 0.6) is 0 Å². The summed E-state index contributed by atoms with van der Waals surface area (Å²) in [5.41, 5.74) is 8.31. The quantitative estimate of drug-likeness (QED) is 0.550. The molecule has 2 unspecified atom stereocenters. The molecular formula is C18H22N2O3S. The minimum atomic E-state index is -0.865. The number of aromatic nitrogens is 1. The van der Waals surface area contributed by atoms with Gasteiger partial charge >= 0.3 is 5.97 Å². The van der Waals surface area contributed by atoms with Crippen molar-refractivity contribution in [2.24, 2.45) is 5.92 Å². The van der Waals surface area contributed by atoms with Crippen LogP contribution in [-0.4, -0.2) is 26.4 Å². The van der Waals surface area contributed by atoms with Crippen LogP contribution >= 0.6 is 12.6 Å². The lowest BCUT2D eigenvalue weighted by Crippen LogP contribution is -2.27. The number of nitrogen functional groups attached to an aromatic ring is 1. The number of carbonyl (C=O) groups is 1. The third-order valence-electron chi connectivity index (χ3n) is 3.99. The monoisotopic (exact) mass is 346 g/mol. The summed E-state index contributed by atoms with van der Waals surface area (Å²) in [6.07, 6.45) is 3.33. The first-order valence-electron chi connectivity index (χ1n) is 7.79. The molecular weight excluding hydrogens is 324 g/mol. The fraction of sp³-hybridized carbons (Fsp3) is 0.333. The number of hydrogen-bond donors (Lipinski definition) is 4. The molecule has 0 aliphatic heterocycles. The van der Waals surface area contributed by atoms with Gasteiger partial charge in [-0.2, -0.15) is 12.6 Å². The van der Waals surface area contributed by atoms with Gasteiger partial charge in [-0.25, -0.2) is 4.98 Å². The fourth-order valence-electron chi connectivity index (χ4n) is 2.60. The first-order chi connectivity index (χ1) is 11.5. The van der Waals surface area contributed by atoms with Crippen LogP contribution in [0.25, 0.3) is 0 Å². The fourth-order valence-corrected chi connectivity index (χ4v) is 2.96. The maximum Gasteiger partial charge on any atom is 0.307 e. The van der Waals surface area contributed by atoms with E-state index < -0.39 is 11.9 Å². The normalized spacial score (nSPS) is 13.4. The van der Waals surface area contributed by atoms with E-state index in [0.29, 0.717) is 25.1 Å². The van der Waals surface area contributed by atoms with Crippen molar-refractivity contribution in [2.75, 3.05) is 5.73 Å². The summed E-state index contributed by atoms with van der Waals surface area (Å²) in [5.74, 6) is -1.05. The summed E-state index contributed by atoms with van der Waals surface area (Å²) in [7, 11) is 0. The second-order valence-electron chi connectivity index (χ2n) is 5.82. The lowest BCUT2D eigenvalue weighted by atomic mass is 9.93. The highest BCUT2D eigenvalue weighted by atomic mass is 32.1. The molecule has 4 N–H and O–H groups in total. The van der Waals surface area contributed by atoms with Crippen LogP contribution in [0.2, 0.25) is 0 Å². The minimum absolute atomic E-state index is 0.0000324. The van der Waals surface area contributed by atoms with Crippen molar-refractivity contribution in [1.29, 1.82) is 0 Å². The van der Waals surface area contributed by atoms with E-state index in [9.17, 15) is 15.0 Å². The summed E-state index contributed by atoms with van der Waals surface area (Å²) in [6, 6.07) is 11.1. The molecule has 1 aromatic carbocycles. The molecule has 1 aromatic heterocycles. The molecule has 0 saturated carbocycles. The lowest BCUT2D eigenvalue weighted by Gasteiger charge is -2.19. The summed E-state index contributed by atoms with van der Waals surface area (Å²) in [5, 5.41) is 18.4.